The highest BCUT2D eigenvalue weighted by atomic mass is 79.9. The number of esters is 3. The summed E-state index contributed by atoms with van der Waals surface area (Å²) in [7, 11) is 5.55. The zero-order chi connectivity index (χ0) is 89.6. The number of carbonyl (C=O) groups excluding carboxylic acids is 10. The predicted molar refractivity (Wildman–Crippen MR) is 500 cm³/mol. The Labute approximate surface area is 742 Å². The summed E-state index contributed by atoms with van der Waals surface area (Å²) in [5.41, 5.74) is 8.75. The smallest absolute Gasteiger partial charge is 0.350 e. The second-order valence-electron chi connectivity index (χ2n) is 32.3. The number of benzene rings is 3. The van der Waals surface area contributed by atoms with Gasteiger partial charge in [-0.3, -0.25) is 20.2 Å². The summed E-state index contributed by atoms with van der Waals surface area (Å²) < 4.78 is 19.2. The molecular weight excluding hydrogens is 1740 g/mol. The van der Waals surface area contributed by atoms with Gasteiger partial charge in [-0.05, 0) is 132 Å². The van der Waals surface area contributed by atoms with Crippen molar-refractivity contribution in [2.75, 3.05) is 81.5 Å². The third-order valence-electron chi connectivity index (χ3n) is 16.9. The minimum Gasteiger partial charge on any atom is -0.465 e. The third-order valence-corrected chi connectivity index (χ3v) is 27.3. The molecule has 3 aromatic carbocycles. The number of aromatic nitrogens is 2. The number of carbonyl (C=O) groups is 10. The SMILES string of the molecule is CNC(=O)c1sc(C(C)(C)C)cc1NC(=O)Nc1ccc(C)cc1.COC(=O)c1sc(C(C)(C)C)cc1NC(=O)Nc1ccc2c(c1)C=CC2.COC(=O)c1sc(C(C)(C)C)cc1NC(=O)Nc1ncc(C(C)(C)C)s1.COC(=O)c1sc(CBr)cc1NC(=O)Nc1ccc(C)cc1.Cc1cnc(NC(=O)Nc2cc(C(C)(C)C)sc2COC=O)s1. The maximum Gasteiger partial charge on any atom is 0.350 e. The van der Waals surface area contributed by atoms with E-state index in [1.165, 1.54) is 106 Å². The van der Waals surface area contributed by atoms with Crippen LogP contribution in [0.25, 0.3) is 6.08 Å². The Bertz CT molecular complexity index is 5350. The van der Waals surface area contributed by atoms with Crippen molar-refractivity contribution in [3.8, 4) is 0 Å². The number of urea groups is 5. The molecule has 0 radical (unpaired) electrons. The van der Waals surface area contributed by atoms with Crippen molar-refractivity contribution in [1.82, 2.24) is 15.3 Å². The van der Waals surface area contributed by atoms with Crippen LogP contribution in [-0.4, -0.2) is 98.8 Å². The Kier molecular flexibility index (Phi) is 34.8. The van der Waals surface area contributed by atoms with Crippen molar-refractivity contribution >= 4 is 218 Å². The Balaban J connectivity index is 0.000000209. The number of nitrogens with one attached hydrogen (secondary N) is 11. The number of hydrogen-bond acceptors (Lipinski definition) is 23. The highest BCUT2D eigenvalue weighted by Crippen LogP contribution is 2.41. The van der Waals surface area contributed by atoms with E-state index in [0.717, 1.165) is 62.1 Å². The number of halogens is 1. The fraction of sp³-hybridized carbons (Fsp3) is 0.349. The third kappa shape index (κ3) is 29.6. The highest BCUT2D eigenvalue weighted by molar-refractivity contribution is 9.08. The van der Waals surface area contributed by atoms with Crippen LogP contribution in [0.4, 0.5) is 79.7 Å². The maximum atomic E-state index is 12.4. The van der Waals surface area contributed by atoms with Crippen LogP contribution >= 0.6 is 95.3 Å². The van der Waals surface area contributed by atoms with E-state index in [2.05, 4.69) is 174 Å². The maximum absolute atomic E-state index is 12.4. The number of hydrogen-bond donors (Lipinski definition) is 11. The number of rotatable bonds is 18. The van der Waals surface area contributed by atoms with E-state index in [0.29, 0.717) is 87.1 Å². The summed E-state index contributed by atoms with van der Waals surface area (Å²) in [4.78, 5) is 137. The summed E-state index contributed by atoms with van der Waals surface area (Å²) >= 11 is 13.0. The van der Waals surface area contributed by atoms with Crippen LogP contribution in [0.1, 0.15) is 204 Å². The molecule has 0 spiro atoms. The highest BCUT2D eigenvalue weighted by Gasteiger charge is 2.30. The molecule has 121 heavy (non-hydrogen) atoms. The molecule has 0 unspecified atom stereocenters. The van der Waals surface area contributed by atoms with E-state index < -0.39 is 36.0 Å². The number of thiophene rings is 5. The van der Waals surface area contributed by atoms with Crippen molar-refractivity contribution in [2.24, 2.45) is 0 Å². The zero-order valence-corrected chi connectivity index (χ0v) is 78.9. The van der Waals surface area contributed by atoms with Gasteiger partial charge in [-0.2, -0.15) is 0 Å². The number of methoxy groups -OCH3 is 3. The van der Waals surface area contributed by atoms with Crippen molar-refractivity contribution in [3.05, 3.63) is 196 Å². The molecule has 0 fully saturated rings. The van der Waals surface area contributed by atoms with Crippen molar-refractivity contribution in [2.45, 2.75) is 170 Å². The largest absolute Gasteiger partial charge is 0.465 e. The van der Waals surface area contributed by atoms with Gasteiger partial charge >= 0.3 is 48.1 Å². The zero-order valence-electron chi connectivity index (χ0n) is 71.6. The average molecular weight is 1850 g/mol. The van der Waals surface area contributed by atoms with E-state index in [1.54, 1.807) is 25.5 Å². The van der Waals surface area contributed by atoms with Crippen LogP contribution in [0.2, 0.25) is 0 Å². The van der Waals surface area contributed by atoms with Gasteiger partial charge in [0.2, 0.25) is 0 Å². The number of anilines is 10. The first-order valence-corrected chi connectivity index (χ1v) is 44.5. The number of thiazole rings is 2. The summed E-state index contributed by atoms with van der Waals surface area (Å²) in [6.07, 6.45) is 8.53. The van der Waals surface area contributed by atoms with Crippen molar-refractivity contribution in [1.29, 1.82) is 0 Å². The van der Waals surface area contributed by atoms with Gasteiger partial charge in [-0.25, -0.2) is 48.3 Å². The van der Waals surface area contributed by atoms with Gasteiger partial charge in [0, 0.05) is 76.0 Å². The number of fused-ring (bicyclic) bond motifs is 1. The summed E-state index contributed by atoms with van der Waals surface area (Å²) in [6, 6.07) is 28.0. The Morgan fingerprint density at radius 1 is 0.421 bits per heavy atom. The Morgan fingerprint density at radius 3 is 1.20 bits per heavy atom. The van der Waals surface area contributed by atoms with Gasteiger partial charge in [-0.1, -0.05) is 173 Å². The molecule has 646 valence electrons. The fourth-order valence-electron chi connectivity index (χ4n) is 10.3. The monoisotopic (exact) mass is 1850 g/mol. The van der Waals surface area contributed by atoms with Gasteiger partial charge in [0.15, 0.2) is 10.3 Å². The van der Waals surface area contributed by atoms with Gasteiger partial charge < -0.3 is 66.8 Å². The molecule has 0 bridgehead atoms. The van der Waals surface area contributed by atoms with E-state index in [9.17, 15) is 47.9 Å². The first-order valence-electron chi connectivity index (χ1n) is 37.7. The standard InChI is InChI=1S/C20H22N2O3S.C18H25N3O3S2.C18H23N3O2S.C15H15BrN2O3S.C15H19N3O3S2/c1-20(2,3)16-11-15(17(26-16)18(23)25-4)22-19(24)21-14-9-8-12-6-5-7-13(12)10-14;1-17(2,3)11-8-10(13(25-11)14(22)24-7)20-15(23)21-16-19-9-12(26-16)18(4,5)6;1-11-6-8-12(9-7-11)20-17(23)21-13-10-14(18(2,3)4)24-15(13)16(22)19-5;1-9-3-5-10(6-4-9)17-15(20)18-12-7-11(8-16)22-13(12)14(19)21-2;1-9-6-16-14(22-9)18-13(20)17-10-5-12(15(2,3)4)23-11(10)7-21-8-19/h5,7-11H,6H2,1-4H3,(H2,21,22,24);8-9H,1-7H3,(H2,19,20,21,23);6-10H,1-5H3,(H,19,22)(H2,20,21,23);3-7H,8H2,1-2H3,(H2,17,18,20);5-6,8H,7H2,1-4H3,(H2,16,17,18,20). The van der Waals surface area contributed by atoms with E-state index in [4.69, 9.17) is 18.9 Å². The minimum atomic E-state index is -0.470. The molecule has 11 N–H and O–H groups in total. The number of nitrogens with zero attached hydrogens (tertiary/aromatic N) is 2. The molecule has 10 aromatic rings. The molecule has 0 saturated carbocycles. The fourth-order valence-corrected chi connectivity index (χ4v) is 17.7. The van der Waals surface area contributed by atoms with Gasteiger partial charge in [0.1, 0.15) is 26.1 Å². The lowest BCUT2D eigenvalue weighted by Crippen LogP contribution is -2.22. The number of allylic oxidation sites excluding steroid dienone is 1. The molecule has 35 heteroatoms. The van der Waals surface area contributed by atoms with Crippen LogP contribution in [0.15, 0.2) is 116 Å². The lowest BCUT2D eigenvalue weighted by Gasteiger charge is -2.15. The minimum absolute atomic E-state index is 0.0267. The van der Waals surface area contributed by atoms with Gasteiger partial charge in [-0.15, -0.1) is 79.4 Å². The second kappa shape index (κ2) is 43.2. The second-order valence-corrected chi connectivity index (χ2v) is 40.5. The molecule has 1 aliphatic carbocycles. The predicted octanol–water partition coefficient (Wildman–Crippen LogP) is 23.1. The molecule has 7 heterocycles. The molecule has 11 rings (SSSR count). The van der Waals surface area contributed by atoms with E-state index in [1.807, 2.05) is 139 Å². The first-order chi connectivity index (χ1) is 56.7. The Morgan fingerprint density at radius 2 is 0.793 bits per heavy atom. The number of amides is 11. The quantitative estimate of drug-likeness (QED) is 0.0165. The number of alkyl halides is 1. The number of ether oxygens (including phenoxy) is 4. The molecule has 0 saturated heterocycles. The normalized spacial score (nSPS) is 11.4. The van der Waals surface area contributed by atoms with E-state index in [-0.39, 0.29) is 51.7 Å². The molecule has 0 aliphatic heterocycles. The lowest BCUT2D eigenvalue weighted by molar-refractivity contribution is -0.129. The van der Waals surface area contributed by atoms with Crippen LogP contribution in [0.5, 0.6) is 0 Å². The van der Waals surface area contributed by atoms with Crippen LogP contribution in [0, 0.1) is 20.8 Å². The Hall–Kier alpha value is -10.7. The summed E-state index contributed by atoms with van der Waals surface area (Å²) in [6.45, 7) is 37.5. The van der Waals surface area contributed by atoms with Crippen molar-refractivity contribution in [3.63, 3.8) is 0 Å². The van der Waals surface area contributed by atoms with Crippen LogP contribution in [-0.2, 0) is 69.2 Å². The van der Waals surface area contributed by atoms with Gasteiger partial charge in [0.05, 0.1) is 54.6 Å². The van der Waals surface area contributed by atoms with Crippen LogP contribution in [0.3, 0.4) is 0 Å². The van der Waals surface area contributed by atoms with Crippen molar-refractivity contribution < 1.29 is 66.9 Å². The summed E-state index contributed by atoms with van der Waals surface area (Å²) in [5, 5.41) is 31.8. The molecule has 27 nitrogen and oxygen atoms in total. The molecule has 11 amide bonds. The van der Waals surface area contributed by atoms with Gasteiger partial charge in [0.25, 0.3) is 12.4 Å². The van der Waals surface area contributed by atoms with E-state index >= 15 is 0 Å². The summed E-state index contributed by atoms with van der Waals surface area (Å²) in [5.74, 6) is -1.60. The molecular formula is C86H104BrN13O14S7. The topological polar surface area (TPSA) is 366 Å². The molecule has 1 aliphatic rings. The molecule has 0 atom stereocenters. The average Bonchev–Trinajstić information content (AvgIpc) is 1.70. The lowest BCUT2D eigenvalue weighted by atomic mass is 9.94. The number of aryl methyl sites for hydroxylation is 3. The van der Waals surface area contributed by atoms with Crippen LogP contribution < -0.4 is 58.5 Å². The molecule has 7 aromatic heterocycles. The first kappa shape index (κ1) is 97.5.